The quantitative estimate of drug-likeness (QED) is 0.415. The Morgan fingerprint density at radius 1 is 1.07 bits per heavy atom. The number of para-hydroxylation sites is 1. The molecule has 1 aromatic heterocycles. The first-order valence-corrected chi connectivity index (χ1v) is 8.85. The van der Waals surface area contributed by atoms with E-state index < -0.39 is 17.8 Å². The van der Waals surface area contributed by atoms with Crippen molar-refractivity contribution in [2.24, 2.45) is 0 Å². The largest absolute Gasteiger partial charge is 0.343 e. The minimum Gasteiger partial charge on any atom is -0.343 e. The number of amides is 3. The second-order valence-corrected chi connectivity index (χ2v) is 6.51. The van der Waals surface area contributed by atoms with Crippen LogP contribution in [-0.2, 0) is 17.9 Å². The van der Waals surface area contributed by atoms with E-state index in [0.717, 1.165) is 21.4 Å². The molecule has 1 fully saturated rings. The van der Waals surface area contributed by atoms with Crippen molar-refractivity contribution in [3.63, 3.8) is 0 Å². The highest BCUT2D eigenvalue weighted by atomic mass is 19.1. The highest BCUT2D eigenvalue weighted by Crippen LogP contribution is 2.25. The Hall–Kier alpha value is -3.67. The summed E-state index contributed by atoms with van der Waals surface area (Å²) in [5.74, 6) is -0.929. The summed E-state index contributed by atoms with van der Waals surface area (Å²) in [6.45, 7) is 4.28. The number of benzene rings is 2. The van der Waals surface area contributed by atoms with Gasteiger partial charge >= 0.3 is 6.03 Å². The molecule has 0 spiro atoms. The SMILES string of the molecule is C=CCn1cc(C=C2NC(=O)N(Cc3ccccc3F)C2=O)c2ccccc21. The van der Waals surface area contributed by atoms with Crippen molar-refractivity contribution in [2.45, 2.75) is 13.1 Å². The zero-order chi connectivity index (χ0) is 19.7. The topological polar surface area (TPSA) is 54.3 Å². The van der Waals surface area contributed by atoms with Crippen LogP contribution in [-0.4, -0.2) is 21.4 Å². The lowest BCUT2D eigenvalue weighted by atomic mass is 10.1. The van der Waals surface area contributed by atoms with Crippen molar-refractivity contribution in [2.75, 3.05) is 0 Å². The zero-order valence-corrected chi connectivity index (χ0v) is 15.1. The van der Waals surface area contributed by atoms with Crippen molar-refractivity contribution in [1.82, 2.24) is 14.8 Å². The van der Waals surface area contributed by atoms with Gasteiger partial charge in [-0.25, -0.2) is 9.18 Å². The normalized spacial score (nSPS) is 15.5. The highest BCUT2D eigenvalue weighted by molar-refractivity contribution is 6.14. The Balaban J connectivity index is 1.67. The molecule has 5 nitrogen and oxygen atoms in total. The maximum atomic E-state index is 13.9. The van der Waals surface area contributed by atoms with Gasteiger partial charge in [-0.05, 0) is 18.2 Å². The van der Waals surface area contributed by atoms with E-state index in [0.29, 0.717) is 6.54 Å². The number of carbonyl (C=O) groups excluding carboxylic acids is 2. The average molecular weight is 375 g/mol. The molecule has 0 saturated carbocycles. The first-order chi connectivity index (χ1) is 13.6. The van der Waals surface area contributed by atoms with Crippen LogP contribution in [0.3, 0.4) is 0 Å². The monoisotopic (exact) mass is 375 g/mol. The molecule has 3 amide bonds. The number of urea groups is 1. The fourth-order valence-corrected chi connectivity index (χ4v) is 3.35. The van der Waals surface area contributed by atoms with Crippen LogP contribution in [0.4, 0.5) is 9.18 Å². The predicted octanol–water partition coefficient (Wildman–Crippen LogP) is 4.06. The van der Waals surface area contributed by atoms with Crippen LogP contribution in [0.1, 0.15) is 11.1 Å². The van der Waals surface area contributed by atoms with Crippen LogP contribution in [0.2, 0.25) is 0 Å². The molecule has 0 atom stereocenters. The molecule has 6 heteroatoms. The van der Waals surface area contributed by atoms with Crippen molar-refractivity contribution in [1.29, 1.82) is 0 Å². The van der Waals surface area contributed by atoms with Crippen LogP contribution >= 0.6 is 0 Å². The standard InChI is InChI=1S/C22H18FN3O2/c1-2-11-25-13-16(17-8-4-6-10-20(17)25)12-19-21(27)26(22(28)24-19)14-15-7-3-5-9-18(15)23/h2-10,12-13H,1,11,14H2,(H,24,28). The molecule has 28 heavy (non-hydrogen) atoms. The molecule has 2 aromatic carbocycles. The van der Waals surface area contributed by atoms with E-state index in [4.69, 9.17) is 0 Å². The first kappa shape index (κ1) is 17.7. The van der Waals surface area contributed by atoms with E-state index in [-0.39, 0.29) is 17.8 Å². The number of nitrogens with one attached hydrogen (secondary N) is 1. The molecule has 1 aliphatic heterocycles. The summed E-state index contributed by atoms with van der Waals surface area (Å²) in [5, 5.41) is 3.56. The summed E-state index contributed by atoms with van der Waals surface area (Å²) in [4.78, 5) is 26.0. The van der Waals surface area contributed by atoms with Crippen LogP contribution in [0, 0.1) is 5.82 Å². The summed E-state index contributed by atoms with van der Waals surface area (Å²) >= 11 is 0. The first-order valence-electron chi connectivity index (χ1n) is 8.85. The fourth-order valence-electron chi connectivity index (χ4n) is 3.35. The number of aromatic nitrogens is 1. The van der Waals surface area contributed by atoms with E-state index in [2.05, 4.69) is 11.9 Å². The Labute approximate surface area is 161 Å². The second kappa shape index (κ2) is 7.15. The molecule has 0 aliphatic carbocycles. The van der Waals surface area contributed by atoms with Gasteiger partial charge in [0.2, 0.25) is 0 Å². The lowest BCUT2D eigenvalue weighted by Gasteiger charge is -2.12. The van der Waals surface area contributed by atoms with Gasteiger partial charge in [0.25, 0.3) is 5.91 Å². The summed E-state index contributed by atoms with van der Waals surface area (Å²) in [5.41, 5.74) is 2.28. The van der Waals surface area contributed by atoms with E-state index in [1.54, 1.807) is 30.4 Å². The number of hydrogen-bond donors (Lipinski definition) is 1. The van der Waals surface area contributed by atoms with Gasteiger partial charge in [0, 0.05) is 34.8 Å². The predicted molar refractivity (Wildman–Crippen MR) is 106 cm³/mol. The molecule has 0 radical (unpaired) electrons. The fraction of sp³-hybridized carbons (Fsp3) is 0.0909. The van der Waals surface area contributed by atoms with Crippen molar-refractivity contribution >= 4 is 28.9 Å². The number of fused-ring (bicyclic) bond motifs is 1. The molecule has 1 aliphatic rings. The third-order valence-electron chi connectivity index (χ3n) is 4.69. The maximum absolute atomic E-state index is 13.9. The van der Waals surface area contributed by atoms with Crippen molar-refractivity contribution in [3.05, 3.63) is 90.0 Å². The Bertz CT molecular complexity index is 1130. The van der Waals surface area contributed by atoms with E-state index in [1.165, 1.54) is 6.07 Å². The molecular weight excluding hydrogens is 357 g/mol. The lowest BCUT2D eigenvalue weighted by Crippen LogP contribution is -2.30. The van der Waals surface area contributed by atoms with Gasteiger partial charge in [0.15, 0.2) is 0 Å². The minimum atomic E-state index is -0.561. The summed E-state index contributed by atoms with van der Waals surface area (Å²) < 4.78 is 15.9. The number of halogens is 1. The van der Waals surface area contributed by atoms with Crippen molar-refractivity contribution in [3.8, 4) is 0 Å². The van der Waals surface area contributed by atoms with Gasteiger partial charge in [-0.3, -0.25) is 9.69 Å². The molecule has 0 unspecified atom stereocenters. The number of allylic oxidation sites excluding steroid dienone is 1. The van der Waals surface area contributed by atoms with Gasteiger partial charge in [-0.1, -0.05) is 42.5 Å². The number of hydrogen-bond acceptors (Lipinski definition) is 2. The van der Waals surface area contributed by atoms with Gasteiger partial charge in [0.1, 0.15) is 11.5 Å². The summed E-state index contributed by atoms with van der Waals surface area (Å²) in [6, 6.07) is 13.3. The smallest absolute Gasteiger partial charge is 0.329 e. The van der Waals surface area contributed by atoms with Crippen LogP contribution in [0.5, 0.6) is 0 Å². The number of nitrogens with zero attached hydrogens (tertiary/aromatic N) is 2. The van der Waals surface area contributed by atoms with E-state index in [1.807, 2.05) is 35.0 Å². The van der Waals surface area contributed by atoms with Gasteiger partial charge < -0.3 is 9.88 Å². The van der Waals surface area contributed by atoms with Gasteiger partial charge in [-0.2, -0.15) is 0 Å². The Kier molecular flexibility index (Phi) is 4.53. The van der Waals surface area contributed by atoms with Crippen LogP contribution < -0.4 is 5.32 Å². The highest BCUT2D eigenvalue weighted by Gasteiger charge is 2.34. The second-order valence-electron chi connectivity index (χ2n) is 6.51. The summed E-state index contributed by atoms with van der Waals surface area (Å²) in [6.07, 6.45) is 5.36. The maximum Gasteiger partial charge on any atom is 0.329 e. The molecule has 2 heterocycles. The van der Waals surface area contributed by atoms with E-state index in [9.17, 15) is 14.0 Å². The van der Waals surface area contributed by atoms with Gasteiger partial charge in [-0.15, -0.1) is 6.58 Å². The van der Waals surface area contributed by atoms with E-state index >= 15 is 0 Å². The molecular formula is C22H18FN3O2. The lowest BCUT2D eigenvalue weighted by molar-refractivity contribution is -0.123. The Morgan fingerprint density at radius 2 is 1.82 bits per heavy atom. The number of rotatable bonds is 5. The van der Waals surface area contributed by atoms with Gasteiger partial charge in [0.05, 0.1) is 6.54 Å². The van der Waals surface area contributed by atoms with Crippen LogP contribution in [0.15, 0.2) is 73.1 Å². The molecule has 3 aromatic rings. The summed E-state index contributed by atoms with van der Waals surface area (Å²) in [7, 11) is 0. The minimum absolute atomic E-state index is 0.118. The molecule has 140 valence electrons. The number of imide groups is 1. The molecule has 1 N–H and O–H groups in total. The average Bonchev–Trinajstić information content (AvgIpc) is 3.16. The molecule has 0 bridgehead atoms. The Morgan fingerprint density at radius 3 is 2.61 bits per heavy atom. The van der Waals surface area contributed by atoms with Crippen molar-refractivity contribution < 1.29 is 14.0 Å². The molecule has 4 rings (SSSR count). The zero-order valence-electron chi connectivity index (χ0n) is 15.1. The van der Waals surface area contributed by atoms with Crippen LogP contribution in [0.25, 0.3) is 17.0 Å². The third kappa shape index (κ3) is 3.09. The third-order valence-corrected chi connectivity index (χ3v) is 4.69. The molecule has 1 saturated heterocycles. The number of carbonyl (C=O) groups is 2.